The number of aromatic nitrogens is 3. The monoisotopic (exact) mass is 1010 g/mol. The van der Waals surface area contributed by atoms with Crippen LogP contribution in [-0.2, 0) is 38.5 Å². The first-order chi connectivity index (χ1) is 35.4. The highest BCUT2D eigenvalue weighted by Crippen LogP contribution is 2.37. The minimum atomic E-state index is -0.441. The van der Waals surface area contributed by atoms with E-state index >= 15 is 0 Å². The van der Waals surface area contributed by atoms with Crippen molar-refractivity contribution in [2.24, 2.45) is 0 Å². The number of aryl methyl sites for hydroxylation is 3. The van der Waals surface area contributed by atoms with Gasteiger partial charge in [-0.15, -0.1) is 0 Å². The second-order valence-electron chi connectivity index (χ2n) is 19.2. The highest BCUT2D eigenvalue weighted by atomic mass is 35.5. The van der Waals surface area contributed by atoms with Crippen molar-refractivity contribution in [1.82, 2.24) is 46.0 Å². The molecule has 0 saturated carbocycles. The van der Waals surface area contributed by atoms with Gasteiger partial charge in [0.15, 0.2) is 5.69 Å². The zero-order valence-corrected chi connectivity index (χ0v) is 43.8. The van der Waals surface area contributed by atoms with Crippen molar-refractivity contribution in [2.45, 2.75) is 78.3 Å². The molecule has 2 unspecified atom stereocenters. The van der Waals surface area contributed by atoms with E-state index in [0.717, 1.165) is 64.2 Å². The number of piperazine rings is 1. The fraction of sp³-hybridized carbons (Fsp3) is 0.446. The second kappa shape index (κ2) is 27.1. The number of halogens is 1. The van der Waals surface area contributed by atoms with Gasteiger partial charge in [-0.25, -0.2) is 15.0 Å². The largest absolute Gasteiger partial charge is 0.378 e. The van der Waals surface area contributed by atoms with Crippen LogP contribution < -0.4 is 31.5 Å². The highest BCUT2D eigenvalue weighted by molar-refractivity contribution is 6.30. The van der Waals surface area contributed by atoms with Gasteiger partial charge in [-0.05, 0) is 86.4 Å². The normalized spacial score (nSPS) is 14.8. The van der Waals surface area contributed by atoms with Crippen molar-refractivity contribution in [3.63, 3.8) is 0 Å². The molecule has 0 radical (unpaired) electrons. The molecule has 7 rings (SSSR count). The Balaban J connectivity index is 0.826. The summed E-state index contributed by atoms with van der Waals surface area (Å²) >= 11 is 6.29. The minimum Gasteiger partial charge on any atom is -0.378 e. The van der Waals surface area contributed by atoms with E-state index in [4.69, 9.17) is 21.3 Å². The molecule has 16 nitrogen and oxygen atoms in total. The number of pyridine rings is 1. The Hall–Kier alpha value is -6.30. The summed E-state index contributed by atoms with van der Waals surface area (Å²) in [6, 6.07) is 25.6. The number of benzene rings is 3. The molecule has 1 aliphatic carbocycles. The summed E-state index contributed by atoms with van der Waals surface area (Å²) in [5, 5.41) is 15.7. The lowest BCUT2D eigenvalue weighted by Crippen LogP contribution is -2.52. The van der Waals surface area contributed by atoms with Crippen LogP contribution in [0.2, 0.25) is 5.02 Å². The lowest BCUT2D eigenvalue weighted by molar-refractivity contribution is -0.133. The molecule has 17 heteroatoms. The number of carbonyl (C=O) groups is 4. The van der Waals surface area contributed by atoms with Gasteiger partial charge in [0.25, 0.3) is 5.91 Å². The summed E-state index contributed by atoms with van der Waals surface area (Å²) in [6.45, 7) is 16.5. The maximum absolute atomic E-state index is 14.4. The molecule has 5 N–H and O–H groups in total. The molecular weight excluding hydrogens is 942 g/mol. The third-order valence-corrected chi connectivity index (χ3v) is 13.8. The summed E-state index contributed by atoms with van der Waals surface area (Å²) in [4.78, 5) is 74.1. The summed E-state index contributed by atoms with van der Waals surface area (Å²) in [7, 11) is 0. The number of hydrogen-bond donors (Lipinski definition) is 5. The number of nitrogens with zero attached hydrogens (tertiary/aromatic N) is 6. The molecule has 2 aliphatic rings. The van der Waals surface area contributed by atoms with E-state index in [2.05, 4.69) is 92.2 Å². The van der Waals surface area contributed by atoms with Gasteiger partial charge in [0, 0.05) is 99.5 Å². The molecule has 388 valence electrons. The Morgan fingerprint density at radius 3 is 2.34 bits per heavy atom. The Morgan fingerprint density at radius 1 is 0.822 bits per heavy atom. The first-order valence-corrected chi connectivity index (χ1v) is 26.1. The number of fused-ring (bicyclic) bond motifs is 1. The SMILES string of the molecule is CCc1cccc(-c2cnc(C(=O)NCCOCCNCC(=O)NCCN(CC(C(=O)N3CCN(c4ncnc5c4C(C)CC5)CC3)c3ccc(Cl)cc3)C(C)C)c(NC(=O)CNCc3cccc(C)c3)c2)c1. The molecule has 1 saturated heterocycles. The molecule has 3 heterocycles. The van der Waals surface area contributed by atoms with E-state index in [0.29, 0.717) is 82.1 Å². The number of amides is 4. The topological polar surface area (TPSA) is 186 Å². The number of carbonyl (C=O) groups excluding carboxylic acids is 4. The minimum absolute atomic E-state index is 0.0489. The van der Waals surface area contributed by atoms with E-state index in [1.165, 1.54) is 5.56 Å². The van der Waals surface area contributed by atoms with Crippen molar-refractivity contribution in [2.75, 3.05) is 95.4 Å². The van der Waals surface area contributed by atoms with Crippen molar-refractivity contribution >= 4 is 46.7 Å². The molecule has 3 aromatic carbocycles. The Morgan fingerprint density at radius 2 is 1.58 bits per heavy atom. The van der Waals surface area contributed by atoms with Crippen LogP contribution in [0, 0.1) is 6.92 Å². The van der Waals surface area contributed by atoms with Crippen LogP contribution in [0.25, 0.3) is 11.1 Å². The summed E-state index contributed by atoms with van der Waals surface area (Å²) in [6.07, 6.45) is 6.26. The molecule has 0 bridgehead atoms. The van der Waals surface area contributed by atoms with Crippen LogP contribution in [0.4, 0.5) is 11.5 Å². The van der Waals surface area contributed by atoms with Crippen molar-refractivity contribution in [1.29, 1.82) is 0 Å². The molecular formula is C56H72ClN11O5. The molecule has 1 aliphatic heterocycles. The van der Waals surface area contributed by atoms with E-state index in [9.17, 15) is 19.2 Å². The average Bonchev–Trinajstić information content (AvgIpc) is 3.78. The first kappa shape index (κ1) is 54.5. The lowest BCUT2D eigenvalue weighted by atomic mass is 9.95. The predicted octanol–water partition coefficient (Wildman–Crippen LogP) is 6.14. The van der Waals surface area contributed by atoms with Crippen molar-refractivity contribution < 1.29 is 23.9 Å². The third-order valence-electron chi connectivity index (χ3n) is 13.6. The van der Waals surface area contributed by atoms with Crippen LogP contribution in [-0.4, -0.2) is 140 Å². The number of anilines is 2. The van der Waals surface area contributed by atoms with E-state index in [-0.39, 0.29) is 55.7 Å². The lowest BCUT2D eigenvalue weighted by Gasteiger charge is -2.39. The smallest absolute Gasteiger partial charge is 0.272 e. The van der Waals surface area contributed by atoms with Gasteiger partial charge in [0.2, 0.25) is 17.7 Å². The van der Waals surface area contributed by atoms with E-state index < -0.39 is 11.8 Å². The zero-order chi connectivity index (χ0) is 51.7. The summed E-state index contributed by atoms with van der Waals surface area (Å²) in [5.41, 5.74) is 8.82. The van der Waals surface area contributed by atoms with Gasteiger partial charge in [0.1, 0.15) is 12.1 Å². The Kier molecular flexibility index (Phi) is 20.2. The van der Waals surface area contributed by atoms with Gasteiger partial charge in [0.05, 0.1) is 37.9 Å². The van der Waals surface area contributed by atoms with E-state index in [1.807, 2.05) is 66.4 Å². The standard InChI is InChI=1S/C56H72ClN11O5/c1-6-41-10-8-12-44(30-41)45-31-49(65-51(70)35-59-32-42-11-7-9-39(4)29-42)53(62-33-45)55(71)61-21-28-73-27-20-58-34-50(69)60-19-22-68(38(2)3)36-47(43-14-16-46(57)17-15-43)56(72)67-25-23-66(24-26-67)54-52-40(5)13-18-48(52)63-37-64-54/h7-12,14-17,29-31,33,37-38,40,47,58-59H,6,13,18-28,32,34-36H2,1-5H3,(H,60,69)(H,61,71)(H,65,70). The fourth-order valence-corrected chi connectivity index (χ4v) is 9.55. The molecule has 5 aromatic rings. The van der Waals surface area contributed by atoms with E-state index in [1.54, 1.807) is 18.6 Å². The number of hydrogen-bond acceptors (Lipinski definition) is 12. The van der Waals surface area contributed by atoms with Crippen LogP contribution in [0.5, 0.6) is 0 Å². The second-order valence-corrected chi connectivity index (χ2v) is 19.6. The number of ether oxygens (including phenoxy) is 1. The fourth-order valence-electron chi connectivity index (χ4n) is 9.43. The van der Waals surface area contributed by atoms with Gasteiger partial charge < -0.3 is 41.1 Å². The molecule has 1 fully saturated rings. The average molecular weight is 1010 g/mol. The third kappa shape index (κ3) is 15.6. The molecule has 0 spiro atoms. The van der Waals surface area contributed by atoms with Gasteiger partial charge in [-0.1, -0.05) is 91.7 Å². The Bertz CT molecular complexity index is 2640. The molecule has 73 heavy (non-hydrogen) atoms. The van der Waals surface area contributed by atoms with Gasteiger partial charge in [-0.2, -0.15) is 0 Å². The van der Waals surface area contributed by atoms with Crippen LogP contribution in [0.3, 0.4) is 0 Å². The number of nitrogens with one attached hydrogen (secondary N) is 5. The first-order valence-electron chi connectivity index (χ1n) is 25.7. The van der Waals surface area contributed by atoms with Crippen molar-refractivity contribution in [3.8, 4) is 11.1 Å². The van der Waals surface area contributed by atoms with Crippen molar-refractivity contribution in [3.05, 3.63) is 136 Å². The maximum atomic E-state index is 14.4. The van der Waals surface area contributed by atoms with Crippen LogP contribution in [0.15, 0.2) is 91.4 Å². The van der Waals surface area contributed by atoms with Gasteiger partial charge >= 0.3 is 0 Å². The number of rotatable bonds is 25. The summed E-state index contributed by atoms with van der Waals surface area (Å²) < 4.78 is 5.75. The Labute approximate surface area is 435 Å². The highest BCUT2D eigenvalue weighted by Gasteiger charge is 2.33. The van der Waals surface area contributed by atoms with Gasteiger partial charge in [-0.3, -0.25) is 24.1 Å². The predicted molar refractivity (Wildman–Crippen MR) is 288 cm³/mol. The quantitative estimate of drug-likeness (QED) is 0.0422. The maximum Gasteiger partial charge on any atom is 0.272 e. The summed E-state index contributed by atoms with van der Waals surface area (Å²) in [5.74, 6) is 0.219. The van der Waals surface area contributed by atoms with Crippen LogP contribution in [0.1, 0.15) is 90.0 Å². The molecule has 4 amide bonds. The van der Waals surface area contributed by atoms with Crippen LogP contribution >= 0.6 is 11.6 Å². The molecule has 2 aromatic heterocycles. The zero-order valence-electron chi connectivity index (χ0n) is 43.0. The molecule has 2 atom stereocenters.